The first-order chi connectivity index (χ1) is 7.63. The Balaban J connectivity index is 2.20. The Bertz CT molecular complexity index is 218. The Morgan fingerprint density at radius 1 is 1.50 bits per heavy atom. The number of carbonyl (C=O) groups excluding carboxylic acids is 1. The number of nitrogens with two attached hydrogens (primary N) is 1. The van der Waals surface area contributed by atoms with Crippen molar-refractivity contribution < 1.29 is 4.79 Å². The van der Waals surface area contributed by atoms with Gasteiger partial charge in [-0.25, -0.2) is 0 Å². The molecule has 0 bridgehead atoms. The van der Waals surface area contributed by atoms with E-state index in [1.807, 2.05) is 0 Å². The molecule has 0 saturated heterocycles. The summed E-state index contributed by atoms with van der Waals surface area (Å²) in [6, 6.07) is -0.314. The molecule has 1 saturated carbocycles. The summed E-state index contributed by atoms with van der Waals surface area (Å²) in [6.45, 7) is 5.17. The summed E-state index contributed by atoms with van der Waals surface area (Å²) in [4.78, 5) is 11.6. The predicted molar refractivity (Wildman–Crippen MR) is 67.0 cm³/mol. The van der Waals surface area contributed by atoms with Gasteiger partial charge in [0.05, 0.1) is 6.04 Å². The molecular formula is C13H26N2O. The van der Waals surface area contributed by atoms with Gasteiger partial charge in [0.25, 0.3) is 0 Å². The van der Waals surface area contributed by atoms with Gasteiger partial charge in [-0.05, 0) is 31.1 Å². The zero-order chi connectivity index (χ0) is 12.0. The third-order valence-electron chi connectivity index (χ3n) is 3.55. The molecule has 3 unspecified atom stereocenters. The maximum atomic E-state index is 11.6. The summed E-state index contributed by atoms with van der Waals surface area (Å²) in [5.74, 6) is 1.52. The molecule has 1 aliphatic carbocycles. The van der Waals surface area contributed by atoms with Gasteiger partial charge in [0.1, 0.15) is 0 Å². The molecule has 94 valence electrons. The molecule has 3 atom stereocenters. The molecule has 1 fully saturated rings. The Kier molecular flexibility index (Phi) is 5.81. The van der Waals surface area contributed by atoms with Crippen molar-refractivity contribution in [2.45, 2.75) is 58.4 Å². The summed E-state index contributed by atoms with van der Waals surface area (Å²) in [5.41, 5.74) is 5.76. The van der Waals surface area contributed by atoms with Crippen LogP contribution in [0.15, 0.2) is 0 Å². The number of rotatable bonds is 5. The van der Waals surface area contributed by atoms with E-state index in [4.69, 9.17) is 5.73 Å². The second-order valence-corrected chi connectivity index (χ2v) is 5.28. The highest BCUT2D eigenvalue weighted by atomic mass is 16.2. The van der Waals surface area contributed by atoms with Crippen molar-refractivity contribution in [1.29, 1.82) is 0 Å². The number of nitrogens with one attached hydrogen (secondary N) is 1. The van der Waals surface area contributed by atoms with Gasteiger partial charge in [0.15, 0.2) is 0 Å². The lowest BCUT2D eigenvalue weighted by molar-refractivity contribution is -0.122. The monoisotopic (exact) mass is 226 g/mol. The second-order valence-electron chi connectivity index (χ2n) is 5.28. The van der Waals surface area contributed by atoms with Crippen molar-refractivity contribution >= 4 is 5.91 Å². The van der Waals surface area contributed by atoms with E-state index >= 15 is 0 Å². The molecule has 0 radical (unpaired) electrons. The van der Waals surface area contributed by atoms with E-state index in [0.29, 0.717) is 5.92 Å². The molecule has 0 aromatic carbocycles. The fraction of sp³-hybridized carbons (Fsp3) is 0.923. The number of hydrogen-bond donors (Lipinski definition) is 2. The molecular weight excluding hydrogens is 200 g/mol. The molecule has 0 aromatic rings. The van der Waals surface area contributed by atoms with E-state index in [2.05, 4.69) is 19.2 Å². The molecule has 0 spiro atoms. The minimum Gasteiger partial charge on any atom is -0.354 e. The van der Waals surface area contributed by atoms with Crippen LogP contribution in [0.1, 0.15) is 52.4 Å². The van der Waals surface area contributed by atoms with Crippen molar-refractivity contribution in [1.82, 2.24) is 5.32 Å². The van der Waals surface area contributed by atoms with Gasteiger partial charge in [0, 0.05) is 6.54 Å². The highest BCUT2D eigenvalue weighted by Gasteiger charge is 2.20. The Labute approximate surface area is 99.2 Å². The molecule has 3 nitrogen and oxygen atoms in total. The average Bonchev–Trinajstić information content (AvgIpc) is 2.26. The molecule has 0 aliphatic heterocycles. The highest BCUT2D eigenvalue weighted by Crippen LogP contribution is 2.27. The first-order valence-electron chi connectivity index (χ1n) is 6.66. The lowest BCUT2D eigenvalue weighted by Crippen LogP contribution is -2.42. The molecule has 0 heterocycles. The van der Waals surface area contributed by atoms with E-state index < -0.39 is 0 Å². The predicted octanol–water partition coefficient (Wildman–Crippen LogP) is 2.06. The van der Waals surface area contributed by atoms with Crippen LogP contribution in [0.2, 0.25) is 0 Å². The summed E-state index contributed by atoms with van der Waals surface area (Å²) in [5, 5.41) is 2.99. The van der Waals surface area contributed by atoms with E-state index in [9.17, 15) is 4.79 Å². The Morgan fingerprint density at radius 3 is 2.88 bits per heavy atom. The fourth-order valence-corrected chi connectivity index (χ4v) is 2.56. The molecule has 3 heteroatoms. The van der Waals surface area contributed by atoms with E-state index in [-0.39, 0.29) is 11.9 Å². The second kappa shape index (κ2) is 6.89. The summed E-state index contributed by atoms with van der Waals surface area (Å²) < 4.78 is 0. The van der Waals surface area contributed by atoms with Gasteiger partial charge < -0.3 is 11.1 Å². The Morgan fingerprint density at radius 2 is 2.25 bits per heavy atom. The molecule has 1 aliphatic rings. The topological polar surface area (TPSA) is 55.1 Å². The lowest BCUT2D eigenvalue weighted by Gasteiger charge is -2.27. The van der Waals surface area contributed by atoms with Crippen LogP contribution in [0.3, 0.4) is 0 Å². The van der Waals surface area contributed by atoms with Gasteiger partial charge in [-0.3, -0.25) is 4.79 Å². The fourth-order valence-electron chi connectivity index (χ4n) is 2.56. The van der Waals surface area contributed by atoms with Crippen molar-refractivity contribution in [3.63, 3.8) is 0 Å². The van der Waals surface area contributed by atoms with Gasteiger partial charge in [-0.15, -0.1) is 0 Å². The van der Waals surface area contributed by atoms with Crippen molar-refractivity contribution in [2.24, 2.45) is 17.6 Å². The molecule has 16 heavy (non-hydrogen) atoms. The molecule has 1 amide bonds. The van der Waals surface area contributed by atoms with Crippen LogP contribution < -0.4 is 11.1 Å². The van der Waals surface area contributed by atoms with Crippen LogP contribution >= 0.6 is 0 Å². The quantitative estimate of drug-likeness (QED) is 0.754. The lowest BCUT2D eigenvalue weighted by atomic mass is 9.82. The minimum absolute atomic E-state index is 0.0278. The standard InChI is InChI=1S/C13H26N2O/c1-3-5-12(14)13(16)15-9-11-7-4-6-10(2)8-11/h10-12H,3-9,14H2,1-2H3,(H,15,16). The van der Waals surface area contributed by atoms with E-state index in [1.165, 1.54) is 25.7 Å². The molecule has 1 rings (SSSR count). The largest absolute Gasteiger partial charge is 0.354 e. The zero-order valence-corrected chi connectivity index (χ0v) is 10.7. The van der Waals surface area contributed by atoms with Gasteiger partial charge in [-0.2, -0.15) is 0 Å². The van der Waals surface area contributed by atoms with Crippen LogP contribution in [0.4, 0.5) is 0 Å². The van der Waals surface area contributed by atoms with Crippen molar-refractivity contribution in [3.05, 3.63) is 0 Å². The van der Waals surface area contributed by atoms with Crippen LogP contribution in [-0.4, -0.2) is 18.5 Å². The zero-order valence-electron chi connectivity index (χ0n) is 10.7. The number of carbonyl (C=O) groups is 1. The van der Waals surface area contributed by atoms with Gasteiger partial charge >= 0.3 is 0 Å². The van der Waals surface area contributed by atoms with E-state index in [0.717, 1.165) is 25.3 Å². The normalized spacial score (nSPS) is 27.4. The Hall–Kier alpha value is -0.570. The third kappa shape index (κ3) is 4.52. The number of hydrogen-bond acceptors (Lipinski definition) is 2. The van der Waals surface area contributed by atoms with Crippen LogP contribution in [0.25, 0.3) is 0 Å². The van der Waals surface area contributed by atoms with Crippen LogP contribution in [0, 0.1) is 11.8 Å². The van der Waals surface area contributed by atoms with E-state index in [1.54, 1.807) is 0 Å². The molecule has 3 N–H and O–H groups in total. The first kappa shape index (κ1) is 13.5. The summed E-state index contributed by atoms with van der Waals surface area (Å²) in [7, 11) is 0. The smallest absolute Gasteiger partial charge is 0.236 e. The first-order valence-corrected chi connectivity index (χ1v) is 6.66. The summed E-state index contributed by atoms with van der Waals surface area (Å²) >= 11 is 0. The molecule has 0 aromatic heterocycles. The van der Waals surface area contributed by atoms with Crippen LogP contribution in [0.5, 0.6) is 0 Å². The SMILES string of the molecule is CCCC(N)C(=O)NCC1CCCC(C)C1. The number of amides is 1. The van der Waals surface area contributed by atoms with Gasteiger partial charge in [0.2, 0.25) is 5.91 Å². The van der Waals surface area contributed by atoms with Gasteiger partial charge in [-0.1, -0.05) is 33.1 Å². The summed E-state index contributed by atoms with van der Waals surface area (Å²) in [6.07, 6.45) is 6.92. The minimum atomic E-state index is -0.314. The van der Waals surface area contributed by atoms with Crippen molar-refractivity contribution in [2.75, 3.05) is 6.54 Å². The third-order valence-corrected chi connectivity index (χ3v) is 3.55. The highest BCUT2D eigenvalue weighted by molar-refractivity contribution is 5.81. The maximum absolute atomic E-state index is 11.6. The average molecular weight is 226 g/mol. The maximum Gasteiger partial charge on any atom is 0.236 e. The van der Waals surface area contributed by atoms with Crippen LogP contribution in [-0.2, 0) is 4.79 Å². The van der Waals surface area contributed by atoms with Crippen molar-refractivity contribution in [3.8, 4) is 0 Å².